The van der Waals surface area contributed by atoms with E-state index in [1.165, 1.54) is 24.3 Å². The first-order valence-electron chi connectivity index (χ1n) is 25.8. The van der Waals surface area contributed by atoms with Crippen molar-refractivity contribution in [3.8, 4) is 0 Å². The number of carbonyl (C=O) groups is 8. The number of carbonyl (C=O) groups excluding carboxylic acids is 8. The SMILES string of the molecule is C.CC[C@H](C)[C@H](CC(=O)[C@@H](N)CCSC)C(=O)NCCN1C(=O)C=CC1=O.CC[C@H](C)[C@H](CC(=O)[C@H](CCSC)NC(=S)Nc1ccc(N=C=S)cc1)C(=O)NCCN1C(=O)C=CC1=O.COS(=O)(=O)O.Cl.S=C=Nc1ccc(N=C=S)cc1.[2H]F. The number of aliphatic imine (C=N–C) groups is 3. The molecule has 22 nitrogen and oxygen atoms in total. The number of anilines is 1. The number of thioether (sulfide) groups is 2. The molecule has 0 radical (unpaired) electrons. The number of ketones is 2. The molecule has 2 aliphatic rings. The number of halogens is 2. The zero-order valence-electron chi connectivity index (χ0n) is 48.3. The van der Waals surface area contributed by atoms with Crippen LogP contribution in [0, 0.1) is 23.7 Å². The molecule has 0 saturated carbocycles. The van der Waals surface area contributed by atoms with E-state index in [9.17, 15) is 46.8 Å². The molecule has 31 heteroatoms. The van der Waals surface area contributed by atoms with Gasteiger partial charge in [-0.1, -0.05) is 48.0 Å². The van der Waals surface area contributed by atoms with Gasteiger partial charge in [-0.25, -0.2) is 0 Å². The van der Waals surface area contributed by atoms with Gasteiger partial charge in [0.15, 0.2) is 10.9 Å². The van der Waals surface area contributed by atoms with Crippen LogP contribution in [0.15, 0.2) is 87.8 Å². The van der Waals surface area contributed by atoms with Gasteiger partial charge >= 0.3 is 10.4 Å². The van der Waals surface area contributed by atoms with E-state index in [4.69, 9.17) is 27.2 Å². The van der Waals surface area contributed by atoms with Crippen LogP contribution in [-0.4, -0.2) is 161 Å². The monoisotopic (exact) mass is 1340 g/mol. The largest absolute Gasteiger partial charge is 0.397 e. The summed E-state index contributed by atoms with van der Waals surface area (Å²) in [4.78, 5) is 111. The molecular formula is C54H76ClFN10O12S7. The zero-order valence-corrected chi connectivity index (χ0v) is 53.8. The molecule has 2 heterocycles. The first kappa shape index (κ1) is 81.4. The smallest absolute Gasteiger partial charge is 0.354 e. The number of isothiocyanates is 3. The highest BCUT2D eigenvalue weighted by atomic mass is 35.5. The number of benzene rings is 2. The van der Waals surface area contributed by atoms with Crippen molar-refractivity contribution < 1.29 is 60.2 Å². The lowest BCUT2D eigenvalue weighted by Crippen LogP contribution is -2.46. The number of amides is 6. The third kappa shape index (κ3) is 33.7. The van der Waals surface area contributed by atoms with E-state index in [0.29, 0.717) is 30.1 Å². The Morgan fingerprint density at radius 1 is 0.706 bits per heavy atom. The van der Waals surface area contributed by atoms with Crippen LogP contribution < -0.4 is 27.0 Å². The molecule has 470 valence electrons. The van der Waals surface area contributed by atoms with Crippen molar-refractivity contribution in [2.75, 3.05) is 62.6 Å². The fourth-order valence-electron chi connectivity index (χ4n) is 7.21. The normalized spacial score (nSPS) is 14.0. The molecule has 0 spiro atoms. The Bertz CT molecular complexity index is 2770. The standard InChI is InChI=1S/C26H33N5O4S3.C18H29N3O4S.C8H4N2S2.CH4O4S.CH4.ClH.FH/c1-4-17(2)20(25(35)27-12-13-31-23(33)9-10-24(31)34)15-22(32)21(11-14-38-3)30-26(37)29-19-7-5-18(6-8-19)28-16-36;1-4-12(2)13(11-15(22)14(19)7-10-26-3)18(25)20-8-9-21-16(23)5-6-17(21)24;11-5-9-7-1-2-8(4-3-7)10-6-12;1-5-6(2,3)4;;;/h5-10,17,20-21H,4,11-15H2,1-3H3,(H,27,35)(H2,29,30,37);5-6,12-14H,4,7-11,19H2,1-3H3,(H,20,25);1-4H;1H3,(H,2,3,4);1H4;2*1H/t17-,20-,21-;12-,13-,14-;;;;;/m00...../s1/i/hD. The third-order valence-corrected chi connectivity index (χ3v) is 14.5. The number of imide groups is 2. The van der Waals surface area contributed by atoms with Gasteiger partial charge in [0.2, 0.25) is 11.8 Å². The van der Waals surface area contributed by atoms with Crippen molar-refractivity contribution in [3.05, 3.63) is 72.8 Å². The number of nitrogens with zero attached hydrogens (tertiary/aromatic N) is 5. The van der Waals surface area contributed by atoms with Gasteiger partial charge in [-0.2, -0.15) is 46.9 Å². The summed E-state index contributed by atoms with van der Waals surface area (Å²) in [6, 6.07) is 13.1. The molecule has 6 amide bonds. The van der Waals surface area contributed by atoms with Crippen molar-refractivity contribution >= 4 is 186 Å². The highest BCUT2D eigenvalue weighted by Gasteiger charge is 2.32. The van der Waals surface area contributed by atoms with E-state index in [1.54, 1.807) is 72.1 Å². The summed E-state index contributed by atoms with van der Waals surface area (Å²) in [5.74, 6) is -1.76. The molecule has 7 N–H and O–H groups in total. The molecular weight excluding hydrogens is 1260 g/mol. The number of rotatable bonds is 30. The number of nitrogens with one attached hydrogen (secondary N) is 4. The highest BCUT2D eigenvalue weighted by Crippen LogP contribution is 2.24. The maximum atomic E-state index is 13.4. The summed E-state index contributed by atoms with van der Waals surface area (Å²) in [5, 5.41) is 18.9. The molecule has 6 atom stereocenters. The predicted octanol–water partition coefficient (Wildman–Crippen LogP) is 8.02. The summed E-state index contributed by atoms with van der Waals surface area (Å²) in [7, 11) is -3.29. The van der Waals surface area contributed by atoms with Crippen LogP contribution in [-0.2, 0) is 52.9 Å². The van der Waals surface area contributed by atoms with Gasteiger partial charge in [0.25, 0.3) is 25.1 Å². The Morgan fingerprint density at radius 3 is 1.38 bits per heavy atom. The molecule has 85 heavy (non-hydrogen) atoms. The highest BCUT2D eigenvalue weighted by molar-refractivity contribution is 7.98. The van der Waals surface area contributed by atoms with E-state index in [-0.39, 0.29) is 106 Å². The lowest BCUT2D eigenvalue weighted by Gasteiger charge is -2.25. The van der Waals surface area contributed by atoms with Gasteiger partial charge in [0.1, 0.15) is 5.78 Å². The quantitative estimate of drug-likeness (QED) is 0.0187. The fraction of sp³-hybridized carbons (Fsp3) is 0.481. The lowest BCUT2D eigenvalue weighted by molar-refractivity contribution is -0.138. The minimum Gasteiger partial charge on any atom is -0.354 e. The van der Waals surface area contributed by atoms with Crippen LogP contribution in [0.1, 0.15) is 73.6 Å². The van der Waals surface area contributed by atoms with Crippen LogP contribution in [0.2, 0.25) is 0 Å². The number of thiocarbonyl (C=S) groups is 4. The van der Waals surface area contributed by atoms with Gasteiger partial charge < -0.3 is 27.0 Å². The summed E-state index contributed by atoms with van der Waals surface area (Å²) in [6.07, 6.45) is 11.5. The van der Waals surface area contributed by atoms with Crippen molar-refractivity contribution in [2.24, 2.45) is 44.4 Å². The van der Waals surface area contributed by atoms with Gasteiger partial charge in [-0.3, -0.25) is 61.6 Å². The Labute approximate surface area is 535 Å². The van der Waals surface area contributed by atoms with Gasteiger partial charge in [-0.15, -0.1) is 12.4 Å². The number of Topliss-reactive ketones (excluding diaryl/α,β-unsaturated/α-hetero) is 2. The van der Waals surface area contributed by atoms with E-state index in [1.807, 2.05) is 40.2 Å². The fourth-order valence-corrected chi connectivity index (χ4v) is 8.74. The number of hydrogen-bond donors (Lipinski definition) is 6. The van der Waals surface area contributed by atoms with Crippen molar-refractivity contribution in [1.29, 1.82) is 1.45 Å². The molecule has 0 fully saturated rings. The van der Waals surface area contributed by atoms with E-state index < -0.39 is 46.1 Å². The molecule has 2 aromatic carbocycles. The van der Waals surface area contributed by atoms with Crippen molar-refractivity contribution in [2.45, 2.75) is 85.7 Å². The molecule has 0 saturated heterocycles. The van der Waals surface area contributed by atoms with Crippen LogP contribution in [0.3, 0.4) is 0 Å². The average molecular weight is 1340 g/mol. The summed E-state index contributed by atoms with van der Waals surface area (Å²) in [6.45, 7) is 8.28. The minimum atomic E-state index is -4.16. The second-order valence-corrected chi connectivity index (χ2v) is 21.9. The Balaban J connectivity index is -0.00000123. The Kier molecular flexibility index (Phi) is 44.5. The summed E-state index contributed by atoms with van der Waals surface area (Å²) < 4.78 is 42.7. The Hall–Kier alpha value is -5.68. The average Bonchev–Trinajstić information content (AvgIpc) is 4.19. The zero-order chi connectivity index (χ0) is 63.8. The first-order valence-corrected chi connectivity index (χ1v) is 31.2. The van der Waals surface area contributed by atoms with Crippen LogP contribution in [0.25, 0.3) is 0 Å². The lowest BCUT2D eigenvalue weighted by atomic mass is 9.85. The van der Waals surface area contributed by atoms with Gasteiger partial charge in [0, 0.05) is 80.8 Å². The van der Waals surface area contributed by atoms with Crippen molar-refractivity contribution in [3.63, 3.8) is 0 Å². The van der Waals surface area contributed by atoms with Crippen LogP contribution >= 0.6 is 84.8 Å². The van der Waals surface area contributed by atoms with E-state index in [0.717, 1.165) is 51.9 Å². The van der Waals surface area contributed by atoms with Gasteiger partial charge in [0.05, 0.1) is 51.7 Å². The van der Waals surface area contributed by atoms with E-state index >= 15 is 0 Å². The minimum absolute atomic E-state index is 0. The Morgan fingerprint density at radius 2 is 1.05 bits per heavy atom. The molecule has 4 rings (SSSR count). The maximum absolute atomic E-state index is 13.4. The van der Waals surface area contributed by atoms with Gasteiger partial charge in [-0.05, 0) is 146 Å². The summed E-state index contributed by atoms with van der Waals surface area (Å²) >= 11 is 22.2. The second kappa shape index (κ2) is 46.5. The van der Waals surface area contributed by atoms with Crippen molar-refractivity contribution in [1.82, 2.24) is 25.8 Å². The number of hydrogen-bond acceptors (Lipinski definition) is 21. The maximum Gasteiger partial charge on any atom is 0.397 e. The number of nitrogens with two attached hydrogens (primary N) is 1. The molecule has 0 aromatic heterocycles. The molecule has 2 aromatic rings. The third-order valence-electron chi connectivity index (χ3n) is 12.3. The molecule has 0 unspecified atom stereocenters. The van der Waals surface area contributed by atoms with E-state index in [2.05, 4.69) is 94.0 Å². The molecule has 0 aliphatic carbocycles. The first-order chi connectivity index (χ1) is 39.9. The predicted molar refractivity (Wildman–Crippen MR) is 352 cm³/mol. The topological polar surface area (TPSA) is 318 Å². The van der Waals surface area contributed by atoms with Crippen LogP contribution in [0.4, 0.5) is 27.5 Å². The summed E-state index contributed by atoms with van der Waals surface area (Å²) in [5.41, 5.74) is 8.83. The second-order valence-electron chi connectivity index (χ2n) is 17.8. The molecule has 2 aliphatic heterocycles. The molecule has 0 bridgehead atoms. The van der Waals surface area contributed by atoms with Crippen LogP contribution in [0.5, 0.6) is 0 Å².